The highest BCUT2D eigenvalue weighted by molar-refractivity contribution is 6.04. The largest absolute Gasteiger partial charge is 0.329 e. The van der Waals surface area contributed by atoms with Crippen LogP contribution in [0.3, 0.4) is 0 Å². The molecule has 1 heterocycles. The van der Waals surface area contributed by atoms with Gasteiger partial charge in [0.1, 0.15) is 0 Å². The average Bonchev–Trinajstić information content (AvgIpc) is 3.00. The van der Waals surface area contributed by atoms with E-state index in [0.717, 1.165) is 28.3 Å². The van der Waals surface area contributed by atoms with E-state index in [9.17, 15) is 14.4 Å². The van der Waals surface area contributed by atoms with Gasteiger partial charge in [-0.15, -0.1) is 12.4 Å². The third kappa shape index (κ3) is 5.09. The minimum absolute atomic E-state index is 0. The van der Waals surface area contributed by atoms with Gasteiger partial charge in [0.2, 0.25) is 5.91 Å². The van der Waals surface area contributed by atoms with Crippen LogP contribution >= 0.6 is 12.4 Å². The number of amides is 4. The van der Waals surface area contributed by atoms with Crippen LogP contribution in [0, 0.1) is 0 Å². The van der Waals surface area contributed by atoms with Crippen molar-refractivity contribution in [2.45, 2.75) is 20.0 Å². The zero-order valence-corrected chi connectivity index (χ0v) is 16.3. The number of nitrogens with one attached hydrogen (secondary N) is 3. The van der Waals surface area contributed by atoms with Gasteiger partial charge in [-0.3, -0.25) is 14.5 Å². The molecule has 1 aliphatic rings. The van der Waals surface area contributed by atoms with Gasteiger partial charge in [-0.25, -0.2) is 4.79 Å². The number of benzene rings is 2. The van der Waals surface area contributed by atoms with Crippen molar-refractivity contribution in [3.63, 3.8) is 0 Å². The first-order chi connectivity index (χ1) is 13.1. The second kappa shape index (κ2) is 9.87. The van der Waals surface area contributed by atoms with Gasteiger partial charge in [0, 0.05) is 17.8 Å². The van der Waals surface area contributed by atoms with Crippen LogP contribution in [0.15, 0.2) is 48.5 Å². The Balaban J connectivity index is 0.00000280. The van der Waals surface area contributed by atoms with E-state index in [1.807, 2.05) is 31.2 Å². The molecule has 1 saturated heterocycles. The predicted molar refractivity (Wildman–Crippen MR) is 109 cm³/mol. The molecule has 7 nitrogen and oxygen atoms in total. The summed E-state index contributed by atoms with van der Waals surface area (Å²) in [4.78, 5) is 36.9. The first-order valence-corrected chi connectivity index (χ1v) is 8.85. The van der Waals surface area contributed by atoms with Crippen LogP contribution < -0.4 is 16.0 Å². The number of para-hydroxylation sites is 1. The van der Waals surface area contributed by atoms with E-state index in [2.05, 4.69) is 16.0 Å². The number of hydrogen-bond donors (Lipinski definition) is 3. The van der Waals surface area contributed by atoms with E-state index in [1.165, 1.54) is 0 Å². The molecular formula is C20H23ClN4O3. The smallest absolute Gasteiger partial charge is 0.324 e. The van der Waals surface area contributed by atoms with Gasteiger partial charge < -0.3 is 16.0 Å². The lowest BCUT2D eigenvalue weighted by Crippen LogP contribution is -2.30. The van der Waals surface area contributed by atoms with Gasteiger partial charge in [0.25, 0.3) is 5.91 Å². The Labute approximate surface area is 169 Å². The molecule has 3 rings (SSSR count). The molecule has 1 fully saturated rings. The normalized spacial score (nSPS) is 13.1. The van der Waals surface area contributed by atoms with E-state index in [-0.39, 0.29) is 43.3 Å². The average molecular weight is 403 g/mol. The molecule has 0 bridgehead atoms. The molecule has 148 valence electrons. The summed E-state index contributed by atoms with van der Waals surface area (Å²) in [5, 5.41) is 8.67. The Bertz CT molecular complexity index is 839. The molecule has 0 saturated carbocycles. The van der Waals surface area contributed by atoms with Crippen LogP contribution in [0.25, 0.3) is 0 Å². The maximum atomic E-state index is 12.5. The molecule has 0 atom stereocenters. The molecule has 2 aromatic carbocycles. The lowest BCUT2D eigenvalue weighted by atomic mass is 10.1. The fourth-order valence-electron chi connectivity index (χ4n) is 2.81. The minimum Gasteiger partial charge on any atom is -0.329 e. The standard InChI is InChI=1S/C20H22N4O3.ClH/c1-2-21-11-16-5-3-4-6-17(16)23-19(26)15-9-7-14(8-10-15)13-24-18(25)12-22-20(24)27;/h3-10,21H,2,11-13H2,1H3,(H,22,27)(H,23,26);1H. The Morgan fingerprint density at radius 3 is 2.46 bits per heavy atom. The zero-order chi connectivity index (χ0) is 19.2. The summed E-state index contributed by atoms with van der Waals surface area (Å²) in [7, 11) is 0. The van der Waals surface area contributed by atoms with Crippen molar-refractivity contribution in [2.75, 3.05) is 18.4 Å². The lowest BCUT2D eigenvalue weighted by Gasteiger charge is -2.13. The Kier molecular flexibility index (Phi) is 7.54. The van der Waals surface area contributed by atoms with Gasteiger partial charge >= 0.3 is 6.03 Å². The van der Waals surface area contributed by atoms with E-state index in [0.29, 0.717) is 12.1 Å². The number of imide groups is 1. The molecule has 2 aromatic rings. The highest BCUT2D eigenvalue weighted by Crippen LogP contribution is 2.17. The number of urea groups is 1. The van der Waals surface area contributed by atoms with E-state index >= 15 is 0 Å². The number of carbonyl (C=O) groups is 3. The number of carbonyl (C=O) groups excluding carboxylic acids is 3. The molecule has 4 amide bonds. The monoisotopic (exact) mass is 402 g/mol. The number of rotatable bonds is 7. The Morgan fingerprint density at radius 1 is 1.11 bits per heavy atom. The Hall–Kier alpha value is -2.90. The van der Waals surface area contributed by atoms with E-state index in [4.69, 9.17) is 0 Å². The summed E-state index contributed by atoms with van der Waals surface area (Å²) >= 11 is 0. The van der Waals surface area contributed by atoms with Gasteiger partial charge in [-0.2, -0.15) is 0 Å². The highest BCUT2D eigenvalue weighted by atomic mass is 35.5. The molecular weight excluding hydrogens is 380 g/mol. The molecule has 1 aliphatic heterocycles. The SMILES string of the molecule is CCNCc1ccccc1NC(=O)c1ccc(CN2C(=O)CNC2=O)cc1.Cl. The van der Waals surface area contributed by atoms with Crippen LogP contribution in [0.5, 0.6) is 0 Å². The second-order valence-corrected chi connectivity index (χ2v) is 6.23. The van der Waals surface area contributed by atoms with Crippen molar-refractivity contribution in [2.24, 2.45) is 0 Å². The molecule has 0 aliphatic carbocycles. The molecule has 8 heteroatoms. The third-order valence-corrected chi connectivity index (χ3v) is 4.32. The van der Waals surface area contributed by atoms with Gasteiger partial charge in [0.15, 0.2) is 0 Å². The van der Waals surface area contributed by atoms with Gasteiger partial charge in [0.05, 0.1) is 13.1 Å². The number of halogens is 1. The summed E-state index contributed by atoms with van der Waals surface area (Å²) < 4.78 is 0. The van der Waals surface area contributed by atoms with Gasteiger partial charge in [-0.1, -0.05) is 37.3 Å². The first-order valence-electron chi connectivity index (χ1n) is 8.85. The van der Waals surface area contributed by atoms with Crippen molar-refractivity contribution < 1.29 is 14.4 Å². The number of nitrogens with zero attached hydrogens (tertiary/aromatic N) is 1. The summed E-state index contributed by atoms with van der Waals surface area (Å²) in [6.45, 7) is 3.78. The fourth-order valence-corrected chi connectivity index (χ4v) is 2.81. The number of hydrogen-bond acceptors (Lipinski definition) is 4. The molecule has 28 heavy (non-hydrogen) atoms. The van der Waals surface area contributed by atoms with Crippen molar-refractivity contribution in [3.05, 3.63) is 65.2 Å². The molecule has 0 spiro atoms. The van der Waals surface area contributed by atoms with Gasteiger partial charge in [-0.05, 0) is 35.9 Å². The van der Waals surface area contributed by atoms with Crippen molar-refractivity contribution in [3.8, 4) is 0 Å². The van der Waals surface area contributed by atoms with Crippen LogP contribution in [0.1, 0.15) is 28.4 Å². The summed E-state index contributed by atoms with van der Waals surface area (Å²) in [5.41, 5.74) is 3.08. The third-order valence-electron chi connectivity index (χ3n) is 4.32. The molecule has 3 N–H and O–H groups in total. The second-order valence-electron chi connectivity index (χ2n) is 6.23. The minimum atomic E-state index is -0.390. The summed E-state index contributed by atoms with van der Waals surface area (Å²) in [6, 6.07) is 14.1. The molecule has 0 aromatic heterocycles. The topological polar surface area (TPSA) is 90.5 Å². The first kappa shape index (κ1) is 21.4. The van der Waals surface area contributed by atoms with Crippen molar-refractivity contribution >= 4 is 35.9 Å². The number of anilines is 1. The van der Waals surface area contributed by atoms with Crippen LogP contribution in [0.2, 0.25) is 0 Å². The van der Waals surface area contributed by atoms with Crippen LogP contribution in [-0.2, 0) is 17.9 Å². The van der Waals surface area contributed by atoms with Crippen LogP contribution in [-0.4, -0.2) is 35.8 Å². The lowest BCUT2D eigenvalue weighted by molar-refractivity contribution is -0.125. The quantitative estimate of drug-likeness (QED) is 0.621. The summed E-state index contributed by atoms with van der Waals surface area (Å²) in [6.07, 6.45) is 0. The molecule has 0 unspecified atom stereocenters. The van der Waals surface area contributed by atoms with E-state index in [1.54, 1.807) is 24.3 Å². The Morgan fingerprint density at radius 2 is 1.82 bits per heavy atom. The fraction of sp³-hybridized carbons (Fsp3) is 0.250. The maximum absolute atomic E-state index is 12.5. The highest BCUT2D eigenvalue weighted by Gasteiger charge is 2.28. The van der Waals surface area contributed by atoms with E-state index < -0.39 is 0 Å². The summed E-state index contributed by atoms with van der Waals surface area (Å²) in [5.74, 6) is -0.459. The van der Waals surface area contributed by atoms with Crippen molar-refractivity contribution in [1.82, 2.24) is 15.5 Å². The van der Waals surface area contributed by atoms with Crippen LogP contribution in [0.4, 0.5) is 10.5 Å². The molecule has 0 radical (unpaired) electrons. The maximum Gasteiger partial charge on any atom is 0.324 e. The predicted octanol–water partition coefficient (Wildman–Crippen LogP) is 2.52. The van der Waals surface area contributed by atoms with Crippen molar-refractivity contribution in [1.29, 1.82) is 0 Å². The zero-order valence-electron chi connectivity index (χ0n) is 15.5.